The molecule has 6 nitrogen and oxygen atoms in total. The van der Waals surface area contributed by atoms with E-state index in [9.17, 15) is 4.21 Å². The second-order valence-corrected chi connectivity index (χ2v) is 11.1. The summed E-state index contributed by atoms with van der Waals surface area (Å²) in [6, 6.07) is 24.6. The van der Waals surface area contributed by atoms with Crippen LogP contribution in [0.5, 0.6) is 0 Å². The topological polar surface area (TPSA) is 64.3 Å². The van der Waals surface area contributed by atoms with Crippen LogP contribution < -0.4 is 10.2 Å². The van der Waals surface area contributed by atoms with Gasteiger partial charge in [0, 0.05) is 66.5 Å². The molecule has 1 unspecified atom stereocenters. The quantitative estimate of drug-likeness (QED) is 0.317. The summed E-state index contributed by atoms with van der Waals surface area (Å²) in [5.74, 6) is 0.481. The molecular weight excluding hydrogens is 478 g/mol. The summed E-state index contributed by atoms with van der Waals surface area (Å²) in [6.45, 7) is 3.96. The van der Waals surface area contributed by atoms with Crippen molar-refractivity contribution in [3.8, 4) is 11.1 Å². The first-order chi connectivity index (χ1) is 18.1. The van der Waals surface area contributed by atoms with Gasteiger partial charge in [0.1, 0.15) is 5.65 Å². The van der Waals surface area contributed by atoms with Crippen LogP contribution in [0.1, 0.15) is 5.56 Å². The van der Waals surface area contributed by atoms with Crippen molar-refractivity contribution < 1.29 is 4.21 Å². The number of anilines is 2. The molecule has 37 heavy (non-hydrogen) atoms. The Morgan fingerprint density at radius 1 is 0.973 bits per heavy atom. The average Bonchev–Trinajstić information content (AvgIpc) is 3.31. The summed E-state index contributed by atoms with van der Waals surface area (Å²) >= 11 is 0. The molecule has 1 saturated heterocycles. The summed E-state index contributed by atoms with van der Waals surface area (Å²) in [6.07, 6.45) is 2.01. The zero-order chi connectivity index (χ0) is 25.4. The molecule has 0 saturated carbocycles. The number of pyridine rings is 1. The minimum absolute atomic E-state index is 0.481. The highest BCUT2D eigenvalue weighted by molar-refractivity contribution is 7.84. The van der Waals surface area contributed by atoms with E-state index in [1.54, 1.807) is 0 Å². The molecule has 7 heteroatoms. The summed E-state index contributed by atoms with van der Waals surface area (Å²) in [5, 5.41) is 5.48. The lowest BCUT2D eigenvalue weighted by Crippen LogP contribution is -2.44. The molecule has 3 aromatic carbocycles. The highest BCUT2D eigenvalue weighted by atomic mass is 32.2. The average molecular weight is 510 g/mol. The van der Waals surface area contributed by atoms with Crippen molar-refractivity contribution in [1.82, 2.24) is 14.9 Å². The number of hydrogen-bond donors (Lipinski definition) is 2. The van der Waals surface area contributed by atoms with Crippen LogP contribution in [-0.4, -0.2) is 59.4 Å². The van der Waals surface area contributed by atoms with E-state index in [2.05, 4.69) is 69.6 Å². The molecule has 1 aliphatic rings. The van der Waals surface area contributed by atoms with Gasteiger partial charge in [-0.1, -0.05) is 36.4 Å². The van der Waals surface area contributed by atoms with E-state index in [1.807, 2.05) is 43.6 Å². The number of hydrogen-bond acceptors (Lipinski definition) is 5. The molecule has 0 bridgehead atoms. The Labute approximate surface area is 219 Å². The zero-order valence-corrected chi connectivity index (χ0v) is 22.0. The molecule has 1 atom stereocenters. The van der Waals surface area contributed by atoms with Crippen LogP contribution in [0.2, 0.25) is 0 Å². The van der Waals surface area contributed by atoms with E-state index < -0.39 is 10.8 Å². The van der Waals surface area contributed by atoms with Gasteiger partial charge in [-0.25, -0.2) is 4.98 Å². The molecule has 188 valence electrons. The van der Waals surface area contributed by atoms with Gasteiger partial charge in [-0.2, -0.15) is 0 Å². The molecule has 0 radical (unpaired) electrons. The molecule has 0 aliphatic carbocycles. The summed E-state index contributed by atoms with van der Waals surface area (Å²) in [7, 11) is 3.02. The van der Waals surface area contributed by atoms with Crippen molar-refractivity contribution in [2.75, 3.05) is 50.5 Å². The van der Waals surface area contributed by atoms with Crippen molar-refractivity contribution >= 4 is 44.1 Å². The van der Waals surface area contributed by atoms with Gasteiger partial charge >= 0.3 is 0 Å². The van der Waals surface area contributed by atoms with Gasteiger partial charge < -0.3 is 20.1 Å². The minimum atomic E-state index is -1.10. The van der Waals surface area contributed by atoms with Gasteiger partial charge in [0.15, 0.2) is 0 Å². The van der Waals surface area contributed by atoms with Gasteiger partial charge in [-0.05, 0) is 54.6 Å². The van der Waals surface area contributed by atoms with Crippen LogP contribution in [0, 0.1) is 0 Å². The normalized spacial score (nSPS) is 15.4. The predicted octanol–water partition coefficient (Wildman–Crippen LogP) is 5.48. The number of piperazine rings is 1. The van der Waals surface area contributed by atoms with Gasteiger partial charge in [0.25, 0.3) is 0 Å². The number of rotatable bonds is 6. The Balaban J connectivity index is 1.50. The van der Waals surface area contributed by atoms with E-state index >= 15 is 0 Å². The Hall–Kier alpha value is -3.68. The van der Waals surface area contributed by atoms with E-state index in [0.717, 1.165) is 75.4 Å². The number of likely N-dealkylation sites (N-methyl/N-ethyl adjacent to an activating group) is 1. The number of nitrogens with zero attached hydrogens (tertiary/aromatic N) is 3. The Bertz CT molecular complexity index is 1570. The maximum Gasteiger partial charge on any atom is 0.140 e. The number of nitrogens with one attached hydrogen (secondary N) is 2. The molecule has 2 aromatic heterocycles. The number of H-pyrrole nitrogens is 1. The van der Waals surface area contributed by atoms with Gasteiger partial charge in [0.2, 0.25) is 0 Å². The lowest BCUT2D eigenvalue weighted by Gasteiger charge is -2.35. The second-order valence-electron chi connectivity index (χ2n) is 9.67. The maximum absolute atomic E-state index is 13.1. The van der Waals surface area contributed by atoms with E-state index in [1.165, 1.54) is 5.69 Å². The Morgan fingerprint density at radius 3 is 2.46 bits per heavy atom. The van der Waals surface area contributed by atoms with Crippen LogP contribution in [0.4, 0.5) is 11.4 Å². The fraction of sp³-hybridized carbons (Fsp3) is 0.233. The molecule has 6 rings (SSSR count). The van der Waals surface area contributed by atoms with Crippen molar-refractivity contribution in [3.63, 3.8) is 0 Å². The van der Waals surface area contributed by atoms with Gasteiger partial charge in [0.05, 0.1) is 27.6 Å². The fourth-order valence-electron chi connectivity index (χ4n) is 5.17. The molecule has 1 fully saturated rings. The van der Waals surface area contributed by atoms with Crippen LogP contribution in [0.25, 0.3) is 33.1 Å². The van der Waals surface area contributed by atoms with Crippen molar-refractivity contribution in [3.05, 3.63) is 84.6 Å². The third kappa shape index (κ3) is 4.61. The minimum Gasteiger partial charge on any atom is -0.388 e. The Kier molecular flexibility index (Phi) is 6.40. The van der Waals surface area contributed by atoms with E-state index in [0.29, 0.717) is 5.75 Å². The summed E-state index contributed by atoms with van der Waals surface area (Å²) in [4.78, 5) is 14.2. The van der Waals surface area contributed by atoms with E-state index in [4.69, 9.17) is 4.98 Å². The molecule has 2 N–H and O–H groups in total. The molecule has 3 heterocycles. The number of aromatic nitrogens is 2. The van der Waals surface area contributed by atoms with Crippen LogP contribution in [0.3, 0.4) is 0 Å². The largest absolute Gasteiger partial charge is 0.388 e. The lowest BCUT2D eigenvalue weighted by atomic mass is 10.00. The summed E-state index contributed by atoms with van der Waals surface area (Å²) in [5.41, 5.74) is 7.60. The highest BCUT2D eigenvalue weighted by Crippen LogP contribution is 2.41. The Morgan fingerprint density at radius 2 is 1.73 bits per heavy atom. The number of benzene rings is 3. The fourth-order valence-corrected chi connectivity index (χ4v) is 6.28. The smallest absolute Gasteiger partial charge is 0.140 e. The maximum atomic E-state index is 13.1. The van der Waals surface area contributed by atoms with Crippen LogP contribution in [-0.2, 0) is 16.6 Å². The SMILES string of the molecule is CNc1ccc(-c2cnc3[nH]c4ccc(CS(=O)c5ccccc5)cc4c3c2N2CCN(C)CC2)cc1. The molecule has 0 spiro atoms. The zero-order valence-electron chi connectivity index (χ0n) is 21.2. The van der Waals surface area contributed by atoms with Crippen LogP contribution in [0.15, 0.2) is 83.9 Å². The van der Waals surface area contributed by atoms with Crippen molar-refractivity contribution in [1.29, 1.82) is 0 Å². The lowest BCUT2D eigenvalue weighted by molar-refractivity contribution is 0.313. The van der Waals surface area contributed by atoms with E-state index in [-0.39, 0.29) is 0 Å². The molecule has 0 amide bonds. The van der Waals surface area contributed by atoms with Gasteiger partial charge in [-0.3, -0.25) is 4.21 Å². The molecule has 1 aliphatic heterocycles. The first-order valence-corrected chi connectivity index (χ1v) is 14.0. The molecule has 5 aromatic rings. The predicted molar refractivity (Wildman–Crippen MR) is 155 cm³/mol. The standard InChI is InChI=1S/C30H31N5OS/c1-31-23-11-9-22(10-12-23)26-19-32-30-28(29(26)35-16-14-34(2)15-17-35)25-18-21(8-13-27(25)33-30)20-37(36)24-6-4-3-5-7-24/h3-13,18-19,31H,14-17,20H2,1-2H3,(H,32,33). The monoisotopic (exact) mass is 509 g/mol. The first-order valence-electron chi connectivity index (χ1n) is 12.7. The van der Waals surface area contributed by atoms with Crippen LogP contribution >= 0.6 is 0 Å². The van der Waals surface area contributed by atoms with Crippen molar-refractivity contribution in [2.24, 2.45) is 0 Å². The molecular formula is C30H31N5OS. The second kappa shape index (κ2) is 10.00. The summed E-state index contributed by atoms with van der Waals surface area (Å²) < 4.78 is 13.1. The third-order valence-corrected chi connectivity index (χ3v) is 8.66. The number of fused-ring (bicyclic) bond motifs is 3. The van der Waals surface area contributed by atoms with Gasteiger partial charge in [-0.15, -0.1) is 0 Å². The van der Waals surface area contributed by atoms with Crippen molar-refractivity contribution in [2.45, 2.75) is 10.6 Å². The third-order valence-electron chi connectivity index (χ3n) is 7.27. The number of aromatic amines is 1. The highest BCUT2D eigenvalue weighted by Gasteiger charge is 2.23. The first kappa shape index (κ1) is 23.7.